The van der Waals surface area contributed by atoms with E-state index in [9.17, 15) is 4.39 Å². The lowest BCUT2D eigenvalue weighted by Gasteiger charge is -1.92. The lowest BCUT2D eigenvalue weighted by molar-refractivity contribution is 0.623. The molecule has 1 aromatic carbocycles. The number of fused-ring (bicyclic) bond motifs is 1. The van der Waals surface area contributed by atoms with Gasteiger partial charge in [-0.15, -0.1) is 11.3 Å². The molecule has 17 heavy (non-hydrogen) atoms. The lowest BCUT2D eigenvalue weighted by Crippen LogP contribution is -1.77. The Balaban J connectivity index is 2.19. The minimum absolute atomic E-state index is 0.308. The maximum absolute atomic E-state index is 13.4. The monoisotopic (exact) mass is 330 g/mol. The van der Waals surface area contributed by atoms with Crippen LogP contribution in [0.25, 0.3) is 21.7 Å². The van der Waals surface area contributed by atoms with Crippen LogP contribution in [0.5, 0.6) is 0 Å². The van der Waals surface area contributed by atoms with Gasteiger partial charge in [-0.3, -0.25) is 0 Å². The number of aromatic nitrogens is 2. The Morgan fingerprint density at radius 1 is 1.35 bits per heavy atom. The van der Waals surface area contributed by atoms with Crippen LogP contribution in [0.1, 0.15) is 0 Å². The molecule has 2 nitrogen and oxygen atoms in total. The topological polar surface area (TPSA) is 28.7 Å². The Bertz CT molecular complexity index is 668. The van der Waals surface area contributed by atoms with Gasteiger partial charge in [-0.2, -0.15) is 0 Å². The third-order valence-corrected chi connectivity index (χ3v) is 4.18. The fourth-order valence-electron chi connectivity index (χ4n) is 1.56. The second kappa shape index (κ2) is 4.08. The van der Waals surface area contributed by atoms with E-state index in [-0.39, 0.29) is 5.82 Å². The van der Waals surface area contributed by atoms with Crippen LogP contribution in [-0.4, -0.2) is 9.97 Å². The number of nitrogens with zero attached hydrogens (tertiary/aromatic N) is 1. The molecule has 0 unspecified atom stereocenters. The molecular weight excluding hydrogens is 327 g/mol. The number of rotatable bonds is 1. The van der Waals surface area contributed by atoms with Gasteiger partial charge in [-0.1, -0.05) is 11.6 Å². The summed E-state index contributed by atoms with van der Waals surface area (Å²) in [6.45, 7) is 0. The first-order valence-electron chi connectivity index (χ1n) is 4.74. The van der Waals surface area contributed by atoms with Crippen molar-refractivity contribution in [1.82, 2.24) is 9.97 Å². The first-order chi connectivity index (χ1) is 8.13. The molecule has 2 heterocycles. The number of hydrogen-bond acceptors (Lipinski definition) is 2. The Kier molecular flexibility index (Phi) is 2.69. The maximum Gasteiger partial charge on any atom is 0.148 e. The van der Waals surface area contributed by atoms with E-state index in [1.165, 1.54) is 17.4 Å². The van der Waals surface area contributed by atoms with Crippen molar-refractivity contribution in [2.75, 3.05) is 0 Å². The van der Waals surface area contributed by atoms with Crippen molar-refractivity contribution >= 4 is 49.9 Å². The maximum atomic E-state index is 13.4. The van der Waals surface area contributed by atoms with E-state index >= 15 is 0 Å². The van der Waals surface area contributed by atoms with Crippen molar-refractivity contribution in [2.24, 2.45) is 0 Å². The molecule has 2 aromatic heterocycles. The van der Waals surface area contributed by atoms with Crippen LogP contribution in [0.3, 0.4) is 0 Å². The minimum atomic E-state index is -0.308. The molecule has 0 atom stereocenters. The second-order valence-corrected chi connectivity index (χ2v) is 6.04. The van der Waals surface area contributed by atoms with E-state index in [0.29, 0.717) is 20.2 Å². The first-order valence-corrected chi connectivity index (χ1v) is 6.73. The van der Waals surface area contributed by atoms with E-state index in [1.807, 2.05) is 12.1 Å². The molecule has 0 radical (unpaired) electrons. The first kappa shape index (κ1) is 11.2. The number of H-pyrrole nitrogens is 1. The van der Waals surface area contributed by atoms with Gasteiger partial charge in [-0.25, -0.2) is 9.37 Å². The zero-order valence-corrected chi connectivity index (χ0v) is 11.5. The number of aromatic amines is 1. The van der Waals surface area contributed by atoms with Crippen LogP contribution in [0, 0.1) is 5.82 Å². The molecular formula is C11H5BrClFN2S. The number of thiophene rings is 1. The van der Waals surface area contributed by atoms with Crippen LogP contribution in [0.4, 0.5) is 4.39 Å². The number of halogens is 3. The van der Waals surface area contributed by atoms with Gasteiger partial charge in [-0.05, 0) is 34.1 Å². The van der Waals surface area contributed by atoms with Gasteiger partial charge < -0.3 is 4.98 Å². The van der Waals surface area contributed by atoms with Crippen LogP contribution in [0.2, 0.25) is 4.34 Å². The van der Waals surface area contributed by atoms with Gasteiger partial charge in [0.1, 0.15) is 11.6 Å². The van der Waals surface area contributed by atoms with E-state index in [4.69, 9.17) is 11.6 Å². The van der Waals surface area contributed by atoms with Crippen LogP contribution in [-0.2, 0) is 0 Å². The second-order valence-electron chi connectivity index (χ2n) is 3.47. The van der Waals surface area contributed by atoms with Gasteiger partial charge in [0.25, 0.3) is 0 Å². The average molecular weight is 332 g/mol. The third kappa shape index (κ3) is 1.99. The standard InChI is InChI=1S/C11H5BrClFN2S/c12-5-3-7-8(4-6(5)14)16-11(15-7)9-1-2-10(13)17-9/h1-4H,(H,15,16). The Hall–Kier alpha value is -0.910. The molecule has 86 valence electrons. The smallest absolute Gasteiger partial charge is 0.148 e. The zero-order chi connectivity index (χ0) is 12.0. The minimum Gasteiger partial charge on any atom is -0.337 e. The summed E-state index contributed by atoms with van der Waals surface area (Å²) < 4.78 is 14.5. The normalized spacial score (nSPS) is 11.2. The molecule has 3 rings (SSSR count). The molecule has 6 heteroatoms. The number of imidazole rings is 1. The van der Waals surface area contributed by atoms with E-state index in [1.54, 1.807) is 6.07 Å². The highest BCUT2D eigenvalue weighted by molar-refractivity contribution is 9.10. The summed E-state index contributed by atoms with van der Waals surface area (Å²) in [6, 6.07) is 6.77. The summed E-state index contributed by atoms with van der Waals surface area (Å²) in [5.41, 5.74) is 1.39. The highest BCUT2D eigenvalue weighted by Crippen LogP contribution is 2.31. The average Bonchev–Trinajstić information content (AvgIpc) is 2.85. The van der Waals surface area contributed by atoms with Gasteiger partial charge in [0, 0.05) is 6.07 Å². The number of hydrogen-bond donors (Lipinski definition) is 1. The Morgan fingerprint density at radius 3 is 2.88 bits per heavy atom. The van der Waals surface area contributed by atoms with Crippen molar-refractivity contribution in [3.63, 3.8) is 0 Å². The van der Waals surface area contributed by atoms with Crippen molar-refractivity contribution in [2.45, 2.75) is 0 Å². The highest BCUT2D eigenvalue weighted by Gasteiger charge is 2.10. The van der Waals surface area contributed by atoms with Crippen LogP contribution >= 0.6 is 38.9 Å². The van der Waals surface area contributed by atoms with Crippen molar-refractivity contribution < 1.29 is 4.39 Å². The third-order valence-electron chi connectivity index (χ3n) is 2.33. The Labute approximate surface area is 114 Å². The van der Waals surface area contributed by atoms with E-state index in [0.717, 1.165) is 10.4 Å². The van der Waals surface area contributed by atoms with E-state index in [2.05, 4.69) is 25.9 Å². The largest absolute Gasteiger partial charge is 0.337 e. The molecule has 0 saturated carbocycles. The predicted octanol–water partition coefficient (Wildman–Crippen LogP) is 4.85. The summed E-state index contributed by atoms with van der Waals surface area (Å²) >= 11 is 10.4. The van der Waals surface area contributed by atoms with Gasteiger partial charge in [0.05, 0.1) is 24.7 Å². The summed E-state index contributed by atoms with van der Waals surface area (Å²) in [4.78, 5) is 8.40. The van der Waals surface area contributed by atoms with Crippen LogP contribution in [0.15, 0.2) is 28.7 Å². The van der Waals surface area contributed by atoms with Crippen LogP contribution < -0.4 is 0 Å². The van der Waals surface area contributed by atoms with Gasteiger partial charge in [0.2, 0.25) is 0 Å². The van der Waals surface area contributed by atoms with Gasteiger partial charge >= 0.3 is 0 Å². The molecule has 0 aliphatic rings. The molecule has 0 saturated heterocycles. The number of nitrogens with one attached hydrogen (secondary N) is 1. The molecule has 0 aliphatic carbocycles. The molecule has 0 aliphatic heterocycles. The fraction of sp³-hybridized carbons (Fsp3) is 0. The van der Waals surface area contributed by atoms with E-state index < -0.39 is 0 Å². The van der Waals surface area contributed by atoms with Crippen molar-refractivity contribution in [1.29, 1.82) is 0 Å². The molecule has 0 bridgehead atoms. The zero-order valence-electron chi connectivity index (χ0n) is 8.30. The predicted molar refractivity (Wildman–Crippen MR) is 72.1 cm³/mol. The lowest BCUT2D eigenvalue weighted by atomic mass is 10.3. The SMILES string of the molecule is Fc1cc2[nH]c(-c3ccc(Cl)s3)nc2cc1Br. The molecule has 0 fully saturated rings. The van der Waals surface area contributed by atoms with Gasteiger partial charge in [0.15, 0.2) is 0 Å². The summed E-state index contributed by atoms with van der Waals surface area (Å²) in [5, 5.41) is 0. The quantitative estimate of drug-likeness (QED) is 0.678. The number of benzene rings is 1. The summed E-state index contributed by atoms with van der Waals surface area (Å²) in [7, 11) is 0. The molecule has 3 aromatic rings. The van der Waals surface area contributed by atoms with Crippen molar-refractivity contribution in [3.05, 3.63) is 38.9 Å². The molecule has 1 N–H and O–H groups in total. The molecule has 0 spiro atoms. The Morgan fingerprint density at radius 2 is 2.18 bits per heavy atom. The fourth-order valence-corrected chi connectivity index (χ4v) is 2.88. The summed E-state index contributed by atoms with van der Waals surface area (Å²) in [5.74, 6) is 0.395. The van der Waals surface area contributed by atoms with Crippen molar-refractivity contribution in [3.8, 4) is 10.7 Å². The highest BCUT2D eigenvalue weighted by atomic mass is 79.9. The summed E-state index contributed by atoms with van der Waals surface area (Å²) in [6.07, 6.45) is 0. The molecule has 0 amide bonds.